The van der Waals surface area contributed by atoms with Crippen molar-refractivity contribution in [3.05, 3.63) is 23.0 Å². The highest BCUT2D eigenvalue weighted by molar-refractivity contribution is 6.30. The minimum absolute atomic E-state index is 0.138. The molecular formula is C16H21ClN4O4. The van der Waals surface area contributed by atoms with Crippen molar-refractivity contribution in [3.8, 4) is 0 Å². The van der Waals surface area contributed by atoms with Crippen LogP contribution in [0.1, 0.15) is 37.6 Å². The summed E-state index contributed by atoms with van der Waals surface area (Å²) in [5, 5.41) is 4.31. The van der Waals surface area contributed by atoms with E-state index in [1.54, 1.807) is 20.8 Å². The van der Waals surface area contributed by atoms with Gasteiger partial charge in [0.05, 0.1) is 18.4 Å². The van der Waals surface area contributed by atoms with E-state index in [9.17, 15) is 9.59 Å². The van der Waals surface area contributed by atoms with E-state index in [2.05, 4.69) is 10.1 Å². The molecule has 0 unspecified atom stereocenters. The maximum Gasteiger partial charge on any atom is 0.415 e. The summed E-state index contributed by atoms with van der Waals surface area (Å²) in [4.78, 5) is 30.0. The fraction of sp³-hybridized carbons (Fsp3) is 0.500. The second-order valence-corrected chi connectivity index (χ2v) is 6.82. The lowest BCUT2D eigenvalue weighted by Gasteiger charge is -2.24. The standard InChI is InChI=1S/C16H21ClN4O4/c1-16(2,3)25-15(23)20(4)13-8-12(17)19-14-10(9-18-21(13)14)11(22)6-7-24-5/h8-9H,6-7H2,1-5H3. The molecule has 2 heterocycles. The van der Waals surface area contributed by atoms with Gasteiger partial charge in [0.25, 0.3) is 0 Å². The molecule has 0 aliphatic rings. The molecule has 2 rings (SSSR count). The number of aromatic nitrogens is 3. The minimum atomic E-state index is -0.646. The molecular weight excluding hydrogens is 348 g/mol. The summed E-state index contributed by atoms with van der Waals surface area (Å²) < 4.78 is 11.7. The summed E-state index contributed by atoms with van der Waals surface area (Å²) in [6.07, 6.45) is 1.03. The molecule has 1 amide bonds. The number of halogens is 1. The van der Waals surface area contributed by atoms with Crippen LogP contribution >= 0.6 is 11.6 Å². The van der Waals surface area contributed by atoms with E-state index < -0.39 is 11.7 Å². The molecule has 0 saturated heterocycles. The Kier molecular flexibility index (Phi) is 5.64. The van der Waals surface area contributed by atoms with Gasteiger partial charge in [0.2, 0.25) is 0 Å². The number of amides is 1. The summed E-state index contributed by atoms with van der Waals surface area (Å²) in [7, 11) is 3.06. The van der Waals surface area contributed by atoms with Crippen molar-refractivity contribution in [1.82, 2.24) is 14.6 Å². The van der Waals surface area contributed by atoms with E-state index in [0.717, 1.165) is 0 Å². The molecule has 2 aromatic rings. The number of hydrogen-bond donors (Lipinski definition) is 0. The Labute approximate surface area is 150 Å². The molecule has 0 aromatic carbocycles. The Morgan fingerprint density at radius 3 is 2.64 bits per heavy atom. The second kappa shape index (κ2) is 7.37. The maximum atomic E-state index is 12.3. The van der Waals surface area contributed by atoms with E-state index in [-0.39, 0.29) is 23.0 Å². The Balaban J connectivity index is 2.43. The number of ether oxygens (including phenoxy) is 2. The van der Waals surface area contributed by atoms with E-state index in [1.165, 1.54) is 35.8 Å². The first-order valence-electron chi connectivity index (χ1n) is 7.67. The highest BCUT2D eigenvalue weighted by Gasteiger charge is 2.24. The van der Waals surface area contributed by atoms with E-state index >= 15 is 0 Å². The molecule has 0 bridgehead atoms. The monoisotopic (exact) mass is 368 g/mol. The van der Waals surface area contributed by atoms with Crippen LogP contribution in [0.2, 0.25) is 5.15 Å². The van der Waals surface area contributed by atoms with Gasteiger partial charge >= 0.3 is 6.09 Å². The van der Waals surface area contributed by atoms with Crippen LogP contribution in [-0.4, -0.2) is 52.8 Å². The number of hydrogen-bond acceptors (Lipinski definition) is 6. The molecule has 0 fully saturated rings. The van der Waals surface area contributed by atoms with Crippen LogP contribution in [0, 0.1) is 0 Å². The topological polar surface area (TPSA) is 86.0 Å². The van der Waals surface area contributed by atoms with Crippen LogP contribution < -0.4 is 4.90 Å². The quantitative estimate of drug-likeness (QED) is 0.595. The predicted molar refractivity (Wildman–Crippen MR) is 93.5 cm³/mol. The van der Waals surface area contributed by atoms with Crippen LogP contribution in [0.3, 0.4) is 0 Å². The van der Waals surface area contributed by atoms with Crippen LogP contribution in [0.25, 0.3) is 5.65 Å². The molecule has 8 nitrogen and oxygen atoms in total. The van der Waals surface area contributed by atoms with Crippen LogP contribution in [0.15, 0.2) is 12.3 Å². The van der Waals surface area contributed by atoms with Crippen molar-refractivity contribution in [2.45, 2.75) is 32.8 Å². The molecule has 0 radical (unpaired) electrons. The van der Waals surface area contributed by atoms with Crippen molar-refractivity contribution in [1.29, 1.82) is 0 Å². The summed E-state index contributed by atoms with van der Waals surface area (Å²) in [6, 6.07) is 1.48. The first-order chi connectivity index (χ1) is 11.6. The van der Waals surface area contributed by atoms with Gasteiger partial charge in [0, 0.05) is 26.6 Å². The number of carbonyl (C=O) groups is 2. The SMILES string of the molecule is COCCC(=O)c1cnn2c(N(C)C(=O)OC(C)(C)C)cc(Cl)nc12. The van der Waals surface area contributed by atoms with E-state index in [1.807, 2.05) is 0 Å². The third-order valence-electron chi connectivity index (χ3n) is 3.27. The third-order valence-corrected chi connectivity index (χ3v) is 3.46. The van der Waals surface area contributed by atoms with Crippen LogP contribution in [0.4, 0.5) is 10.6 Å². The Morgan fingerprint density at radius 1 is 1.36 bits per heavy atom. The van der Waals surface area contributed by atoms with Crippen molar-refractivity contribution in [3.63, 3.8) is 0 Å². The summed E-state index contributed by atoms with van der Waals surface area (Å²) >= 11 is 6.08. The molecule has 0 aliphatic carbocycles. The summed E-state index contributed by atoms with van der Waals surface area (Å²) in [6.45, 7) is 5.61. The van der Waals surface area contributed by atoms with Crippen molar-refractivity contribution >= 4 is 34.9 Å². The van der Waals surface area contributed by atoms with Gasteiger partial charge < -0.3 is 9.47 Å². The van der Waals surface area contributed by atoms with Gasteiger partial charge in [0.15, 0.2) is 11.4 Å². The van der Waals surface area contributed by atoms with Gasteiger partial charge in [0.1, 0.15) is 16.6 Å². The number of Topliss-reactive ketones (excluding diaryl/α,β-unsaturated/α-hetero) is 1. The molecule has 2 aromatic heterocycles. The number of fused-ring (bicyclic) bond motifs is 1. The van der Waals surface area contributed by atoms with Gasteiger partial charge in [-0.2, -0.15) is 9.61 Å². The molecule has 0 aliphatic heterocycles. The van der Waals surface area contributed by atoms with Crippen LogP contribution in [-0.2, 0) is 9.47 Å². The van der Waals surface area contributed by atoms with Crippen LogP contribution in [0.5, 0.6) is 0 Å². The maximum absolute atomic E-state index is 12.3. The third kappa shape index (κ3) is 4.46. The molecule has 136 valence electrons. The average Bonchev–Trinajstić information content (AvgIpc) is 2.93. The average molecular weight is 369 g/mol. The fourth-order valence-corrected chi connectivity index (χ4v) is 2.28. The highest BCUT2D eigenvalue weighted by Crippen LogP contribution is 2.23. The van der Waals surface area contributed by atoms with Crippen molar-refractivity contribution in [2.24, 2.45) is 0 Å². The van der Waals surface area contributed by atoms with Gasteiger partial charge in [-0.1, -0.05) is 11.6 Å². The van der Waals surface area contributed by atoms with Gasteiger partial charge in [-0.25, -0.2) is 9.78 Å². The first-order valence-corrected chi connectivity index (χ1v) is 8.05. The minimum Gasteiger partial charge on any atom is -0.443 e. The molecule has 25 heavy (non-hydrogen) atoms. The van der Waals surface area contributed by atoms with Gasteiger partial charge in [-0.15, -0.1) is 0 Å². The zero-order chi connectivity index (χ0) is 18.8. The Hall–Kier alpha value is -2.19. The summed E-state index contributed by atoms with van der Waals surface area (Å²) in [5.74, 6) is 0.174. The highest BCUT2D eigenvalue weighted by atomic mass is 35.5. The van der Waals surface area contributed by atoms with Gasteiger partial charge in [-0.05, 0) is 20.8 Å². The predicted octanol–water partition coefficient (Wildman–Crippen LogP) is 2.97. The smallest absolute Gasteiger partial charge is 0.415 e. The molecule has 9 heteroatoms. The molecule has 0 N–H and O–H groups in total. The first kappa shape index (κ1) is 19.1. The number of anilines is 1. The molecule has 0 saturated carbocycles. The number of carbonyl (C=O) groups excluding carboxylic acids is 2. The second-order valence-electron chi connectivity index (χ2n) is 6.44. The lowest BCUT2D eigenvalue weighted by Crippen LogP contribution is -2.35. The molecule has 0 spiro atoms. The summed E-state index contributed by atoms with van der Waals surface area (Å²) in [5.41, 5.74) is -0.0513. The Bertz CT molecular complexity index is 797. The normalized spacial score (nSPS) is 11.6. The number of rotatable bonds is 5. The molecule has 0 atom stereocenters. The zero-order valence-corrected chi connectivity index (χ0v) is 15.6. The van der Waals surface area contributed by atoms with Gasteiger partial charge in [-0.3, -0.25) is 9.69 Å². The lowest BCUT2D eigenvalue weighted by molar-refractivity contribution is 0.0587. The lowest BCUT2D eigenvalue weighted by atomic mass is 10.2. The largest absolute Gasteiger partial charge is 0.443 e. The number of ketones is 1. The van der Waals surface area contributed by atoms with E-state index in [4.69, 9.17) is 21.1 Å². The number of methoxy groups -OCH3 is 1. The fourth-order valence-electron chi connectivity index (χ4n) is 2.11. The zero-order valence-electron chi connectivity index (χ0n) is 14.9. The van der Waals surface area contributed by atoms with Crippen molar-refractivity contribution < 1.29 is 19.1 Å². The Morgan fingerprint density at radius 2 is 2.04 bits per heavy atom. The number of nitrogens with zero attached hydrogens (tertiary/aromatic N) is 4. The van der Waals surface area contributed by atoms with E-state index in [0.29, 0.717) is 18.0 Å². The van der Waals surface area contributed by atoms with Crippen molar-refractivity contribution in [2.75, 3.05) is 25.7 Å².